The molecule has 2 N–H and O–H groups in total. The maximum atomic E-state index is 12.0. The van der Waals surface area contributed by atoms with Crippen molar-refractivity contribution in [3.05, 3.63) is 63.2 Å². The summed E-state index contributed by atoms with van der Waals surface area (Å²) in [5.74, 6) is 0.221. The molecule has 23 heavy (non-hydrogen) atoms. The summed E-state index contributed by atoms with van der Waals surface area (Å²) >= 11 is 5.02. The SMILES string of the molecule is C=CCn1c(O)c(C=Nc2ccc(C(C)C)cc2)c(=O)[nH]c1=S. The average molecular weight is 329 g/mol. The molecular formula is C17H19N3O2S. The Balaban J connectivity index is 2.39. The third kappa shape index (κ3) is 3.84. The van der Waals surface area contributed by atoms with Crippen LogP contribution in [0.2, 0.25) is 0 Å². The number of nitrogens with one attached hydrogen (secondary N) is 1. The Hall–Kier alpha value is -2.47. The molecule has 0 bridgehead atoms. The van der Waals surface area contributed by atoms with Crippen LogP contribution in [0.1, 0.15) is 30.9 Å². The van der Waals surface area contributed by atoms with Crippen LogP contribution in [-0.2, 0) is 6.54 Å². The lowest BCUT2D eigenvalue weighted by Gasteiger charge is -2.08. The van der Waals surface area contributed by atoms with Crippen molar-refractivity contribution in [1.29, 1.82) is 0 Å². The third-order valence-electron chi connectivity index (χ3n) is 3.42. The molecule has 0 saturated carbocycles. The van der Waals surface area contributed by atoms with E-state index in [-0.39, 0.29) is 16.2 Å². The first-order valence-corrected chi connectivity index (χ1v) is 7.66. The molecule has 120 valence electrons. The quantitative estimate of drug-likeness (QED) is 0.499. The molecule has 1 aromatic carbocycles. The number of hydrogen-bond donors (Lipinski definition) is 2. The summed E-state index contributed by atoms with van der Waals surface area (Å²) in [6.07, 6.45) is 2.92. The fourth-order valence-corrected chi connectivity index (χ4v) is 2.33. The first-order chi connectivity index (χ1) is 10.9. The second kappa shape index (κ2) is 7.19. The van der Waals surface area contributed by atoms with Crippen molar-refractivity contribution in [2.45, 2.75) is 26.3 Å². The highest BCUT2D eigenvalue weighted by Crippen LogP contribution is 2.19. The van der Waals surface area contributed by atoms with E-state index in [1.165, 1.54) is 16.3 Å². The predicted octanol–water partition coefficient (Wildman–Crippen LogP) is 3.67. The summed E-state index contributed by atoms with van der Waals surface area (Å²) in [5.41, 5.74) is 1.50. The molecule has 1 heterocycles. The number of benzene rings is 1. The van der Waals surface area contributed by atoms with E-state index in [9.17, 15) is 9.90 Å². The molecular weight excluding hydrogens is 310 g/mol. The first kappa shape index (κ1) is 16.9. The van der Waals surface area contributed by atoms with Gasteiger partial charge in [-0.25, -0.2) is 0 Å². The van der Waals surface area contributed by atoms with Crippen molar-refractivity contribution in [3.8, 4) is 5.88 Å². The van der Waals surface area contributed by atoms with Gasteiger partial charge in [0.05, 0.1) is 5.69 Å². The molecule has 0 fully saturated rings. The minimum absolute atomic E-state index is 0.0633. The smallest absolute Gasteiger partial charge is 0.264 e. The molecule has 0 spiro atoms. The molecule has 0 radical (unpaired) electrons. The van der Waals surface area contributed by atoms with E-state index in [1.54, 1.807) is 6.08 Å². The van der Waals surface area contributed by atoms with Gasteiger partial charge in [0, 0.05) is 12.8 Å². The van der Waals surface area contributed by atoms with E-state index in [1.807, 2.05) is 24.3 Å². The minimum atomic E-state index is -0.477. The first-order valence-electron chi connectivity index (χ1n) is 7.25. The maximum Gasteiger partial charge on any atom is 0.264 e. The van der Waals surface area contributed by atoms with E-state index in [0.717, 1.165) is 0 Å². The molecule has 2 aromatic rings. The fourth-order valence-electron chi connectivity index (χ4n) is 2.07. The Morgan fingerprint density at radius 1 is 1.39 bits per heavy atom. The lowest BCUT2D eigenvalue weighted by Crippen LogP contribution is -2.18. The lowest BCUT2D eigenvalue weighted by molar-refractivity contribution is 0.413. The van der Waals surface area contributed by atoms with Gasteiger partial charge in [-0.1, -0.05) is 32.1 Å². The second-order valence-electron chi connectivity index (χ2n) is 5.40. The van der Waals surface area contributed by atoms with Crippen molar-refractivity contribution in [3.63, 3.8) is 0 Å². The topological polar surface area (TPSA) is 70.4 Å². The van der Waals surface area contributed by atoms with E-state index < -0.39 is 5.56 Å². The Bertz CT molecular complexity index is 846. The summed E-state index contributed by atoms with van der Waals surface area (Å²) in [5, 5.41) is 10.2. The maximum absolute atomic E-state index is 12.0. The van der Waals surface area contributed by atoms with Crippen molar-refractivity contribution in [2.75, 3.05) is 0 Å². The summed E-state index contributed by atoms with van der Waals surface area (Å²) in [6, 6.07) is 7.73. The Kier molecular flexibility index (Phi) is 5.28. The van der Waals surface area contributed by atoms with Gasteiger partial charge in [-0.05, 0) is 35.8 Å². The van der Waals surface area contributed by atoms with Gasteiger partial charge in [0.2, 0.25) is 5.88 Å². The van der Waals surface area contributed by atoms with Crippen LogP contribution in [0.4, 0.5) is 5.69 Å². The molecule has 0 unspecified atom stereocenters. The summed E-state index contributed by atoms with van der Waals surface area (Å²) in [6.45, 7) is 8.13. The molecule has 2 rings (SSSR count). The minimum Gasteiger partial charge on any atom is -0.494 e. The number of H-pyrrole nitrogens is 1. The Labute approximate surface area is 139 Å². The Morgan fingerprint density at radius 2 is 2.04 bits per heavy atom. The van der Waals surface area contributed by atoms with Gasteiger partial charge < -0.3 is 5.11 Å². The number of allylic oxidation sites excluding steroid dienone is 1. The van der Waals surface area contributed by atoms with Crippen LogP contribution in [0.15, 0.2) is 46.7 Å². The summed E-state index contributed by atoms with van der Waals surface area (Å²) < 4.78 is 1.53. The van der Waals surface area contributed by atoms with E-state index in [2.05, 4.69) is 30.4 Å². The normalized spacial score (nSPS) is 11.3. The highest BCUT2D eigenvalue weighted by molar-refractivity contribution is 7.71. The number of rotatable bonds is 5. The second-order valence-corrected chi connectivity index (χ2v) is 5.79. The van der Waals surface area contributed by atoms with Gasteiger partial charge in [-0.2, -0.15) is 0 Å². The van der Waals surface area contributed by atoms with Crippen LogP contribution >= 0.6 is 12.2 Å². The number of aromatic nitrogens is 2. The largest absolute Gasteiger partial charge is 0.494 e. The number of hydrogen-bond acceptors (Lipinski definition) is 4. The van der Waals surface area contributed by atoms with Crippen LogP contribution in [0.25, 0.3) is 0 Å². The zero-order valence-electron chi connectivity index (χ0n) is 13.1. The summed E-state index contributed by atoms with van der Waals surface area (Å²) in [4.78, 5) is 18.7. The highest BCUT2D eigenvalue weighted by atomic mass is 32.1. The number of aliphatic imine (C=N–C) groups is 1. The molecule has 0 saturated heterocycles. The molecule has 5 nitrogen and oxygen atoms in total. The molecule has 1 aromatic heterocycles. The zero-order chi connectivity index (χ0) is 17.0. The van der Waals surface area contributed by atoms with Crippen LogP contribution in [0.5, 0.6) is 5.88 Å². The lowest BCUT2D eigenvalue weighted by atomic mass is 10.0. The molecule has 0 aliphatic heterocycles. The molecule has 0 amide bonds. The van der Waals surface area contributed by atoms with Crippen LogP contribution < -0.4 is 5.56 Å². The van der Waals surface area contributed by atoms with Gasteiger partial charge in [-0.15, -0.1) is 6.58 Å². The van der Waals surface area contributed by atoms with Crippen LogP contribution in [0.3, 0.4) is 0 Å². The molecule has 0 atom stereocenters. The van der Waals surface area contributed by atoms with Gasteiger partial charge >= 0.3 is 0 Å². The predicted molar refractivity (Wildman–Crippen MR) is 95.5 cm³/mol. The van der Waals surface area contributed by atoms with Gasteiger partial charge in [0.1, 0.15) is 5.56 Å². The van der Waals surface area contributed by atoms with Crippen molar-refractivity contribution in [1.82, 2.24) is 9.55 Å². The third-order valence-corrected chi connectivity index (χ3v) is 3.74. The number of nitrogens with zero attached hydrogens (tertiary/aromatic N) is 2. The van der Waals surface area contributed by atoms with Crippen molar-refractivity contribution >= 4 is 24.1 Å². The van der Waals surface area contributed by atoms with Gasteiger partial charge in [-0.3, -0.25) is 19.3 Å². The Morgan fingerprint density at radius 3 is 2.61 bits per heavy atom. The van der Waals surface area contributed by atoms with Crippen molar-refractivity contribution < 1.29 is 5.11 Å². The van der Waals surface area contributed by atoms with E-state index in [0.29, 0.717) is 18.2 Å². The number of aromatic amines is 1. The molecule has 0 aliphatic rings. The van der Waals surface area contributed by atoms with Crippen LogP contribution in [0, 0.1) is 4.77 Å². The van der Waals surface area contributed by atoms with Crippen LogP contribution in [-0.4, -0.2) is 20.9 Å². The van der Waals surface area contributed by atoms with E-state index >= 15 is 0 Å². The highest BCUT2D eigenvalue weighted by Gasteiger charge is 2.09. The monoisotopic (exact) mass is 329 g/mol. The van der Waals surface area contributed by atoms with E-state index in [4.69, 9.17) is 12.2 Å². The van der Waals surface area contributed by atoms with Gasteiger partial charge in [0.25, 0.3) is 5.56 Å². The molecule has 6 heteroatoms. The summed E-state index contributed by atoms with van der Waals surface area (Å²) in [7, 11) is 0. The van der Waals surface area contributed by atoms with Gasteiger partial charge in [0.15, 0.2) is 4.77 Å². The fraction of sp³-hybridized carbons (Fsp3) is 0.235. The standard InChI is InChI=1S/C17H19N3O2S/c1-4-9-20-16(22)14(15(21)19-17(20)23)10-18-13-7-5-12(6-8-13)11(2)3/h4-8,10-11,22H,1,9H2,2-3H3,(H,19,21,23). The average Bonchev–Trinajstić information content (AvgIpc) is 2.51. The zero-order valence-corrected chi connectivity index (χ0v) is 13.9. The van der Waals surface area contributed by atoms with Crippen molar-refractivity contribution in [2.24, 2.45) is 4.99 Å². The molecule has 0 aliphatic carbocycles. The number of aromatic hydroxyl groups is 1.